The minimum absolute atomic E-state index is 0.155. The van der Waals surface area contributed by atoms with Crippen LogP contribution >= 0.6 is 35.0 Å². The number of nitrogens with zero attached hydrogens (tertiary/aromatic N) is 4. The number of hydrogen-bond acceptors (Lipinski definition) is 5. The Labute approximate surface area is 147 Å². The zero-order valence-electron chi connectivity index (χ0n) is 12.5. The van der Waals surface area contributed by atoms with E-state index in [1.165, 1.54) is 31.0 Å². The zero-order valence-corrected chi connectivity index (χ0v) is 14.8. The summed E-state index contributed by atoms with van der Waals surface area (Å²) < 4.78 is 14.4. The monoisotopic (exact) mass is 372 g/mol. The highest BCUT2D eigenvalue weighted by Crippen LogP contribution is 2.41. The van der Waals surface area contributed by atoms with Crippen LogP contribution in [0.3, 0.4) is 0 Å². The lowest BCUT2D eigenvalue weighted by Gasteiger charge is -2.33. The van der Waals surface area contributed by atoms with Crippen molar-refractivity contribution in [3.05, 3.63) is 16.1 Å². The van der Waals surface area contributed by atoms with Crippen molar-refractivity contribution in [1.82, 2.24) is 15.0 Å². The maximum atomic E-state index is 14.4. The van der Waals surface area contributed by atoms with E-state index in [0.717, 1.165) is 13.1 Å². The molecule has 0 radical (unpaired) electrons. The standard InChI is InChI=1S/C15H15Cl2FN4S/c1-23-15-19-11-9(12(16)20-13(17)10(11)18)14(21-15)22-5-7-2-3-8(4-7)6-22/h7-8H,2-6H2,1H3. The molecule has 2 fully saturated rings. The van der Waals surface area contributed by atoms with Gasteiger partial charge in [-0.2, -0.15) is 0 Å². The van der Waals surface area contributed by atoms with Gasteiger partial charge in [0.15, 0.2) is 16.1 Å². The van der Waals surface area contributed by atoms with Crippen molar-refractivity contribution in [1.29, 1.82) is 0 Å². The van der Waals surface area contributed by atoms with E-state index < -0.39 is 5.82 Å². The van der Waals surface area contributed by atoms with Crippen LogP contribution in [-0.2, 0) is 0 Å². The van der Waals surface area contributed by atoms with Crippen molar-refractivity contribution >= 4 is 51.7 Å². The van der Waals surface area contributed by atoms with Gasteiger partial charge in [0.25, 0.3) is 0 Å². The molecule has 1 aliphatic heterocycles. The molecule has 0 spiro atoms. The smallest absolute Gasteiger partial charge is 0.189 e. The number of hydrogen-bond donors (Lipinski definition) is 0. The molecule has 2 aromatic heterocycles. The van der Waals surface area contributed by atoms with Crippen molar-refractivity contribution in [2.75, 3.05) is 24.2 Å². The molecule has 2 aliphatic rings. The van der Waals surface area contributed by atoms with Crippen LogP contribution < -0.4 is 4.90 Å². The molecular formula is C15H15Cl2FN4S. The van der Waals surface area contributed by atoms with Crippen LogP contribution in [0, 0.1) is 17.7 Å². The summed E-state index contributed by atoms with van der Waals surface area (Å²) in [6.07, 6.45) is 5.66. The molecule has 0 amide bonds. The van der Waals surface area contributed by atoms with E-state index in [4.69, 9.17) is 23.2 Å². The maximum Gasteiger partial charge on any atom is 0.189 e. The van der Waals surface area contributed by atoms with Crippen molar-refractivity contribution in [3.8, 4) is 0 Å². The number of thioether (sulfide) groups is 1. The lowest BCUT2D eigenvalue weighted by Crippen LogP contribution is -2.37. The Hall–Kier alpha value is -0.850. The number of aromatic nitrogens is 3. The molecule has 2 bridgehead atoms. The third-order valence-electron chi connectivity index (χ3n) is 4.75. The normalized spacial score (nSPS) is 23.7. The Kier molecular flexibility index (Phi) is 4.02. The van der Waals surface area contributed by atoms with Crippen LogP contribution in [0.5, 0.6) is 0 Å². The van der Waals surface area contributed by atoms with E-state index >= 15 is 0 Å². The summed E-state index contributed by atoms with van der Waals surface area (Å²) in [6, 6.07) is 0. The molecule has 2 aromatic rings. The summed E-state index contributed by atoms with van der Waals surface area (Å²) in [5.41, 5.74) is 0.155. The summed E-state index contributed by atoms with van der Waals surface area (Å²) in [6.45, 7) is 1.86. The number of anilines is 1. The first-order valence-electron chi connectivity index (χ1n) is 7.58. The van der Waals surface area contributed by atoms with Gasteiger partial charge in [0, 0.05) is 13.1 Å². The first kappa shape index (κ1) is 15.7. The van der Waals surface area contributed by atoms with Crippen LogP contribution in [0.15, 0.2) is 5.16 Å². The third-order valence-corrected chi connectivity index (χ3v) is 5.82. The molecule has 122 valence electrons. The lowest BCUT2D eigenvalue weighted by atomic mass is 9.99. The molecule has 4 nitrogen and oxygen atoms in total. The molecule has 1 saturated heterocycles. The second-order valence-corrected chi connectivity index (χ2v) is 7.70. The predicted molar refractivity (Wildman–Crippen MR) is 92.1 cm³/mol. The number of halogens is 3. The van der Waals surface area contributed by atoms with Gasteiger partial charge in [0.05, 0.1) is 5.39 Å². The highest BCUT2D eigenvalue weighted by Gasteiger charge is 2.35. The van der Waals surface area contributed by atoms with Crippen LogP contribution in [0.2, 0.25) is 10.3 Å². The molecule has 1 saturated carbocycles. The van der Waals surface area contributed by atoms with Gasteiger partial charge in [-0.3, -0.25) is 0 Å². The fourth-order valence-electron chi connectivity index (χ4n) is 3.77. The molecule has 3 heterocycles. The Morgan fingerprint density at radius 3 is 2.43 bits per heavy atom. The Bertz CT molecular complexity index is 776. The van der Waals surface area contributed by atoms with Crippen LogP contribution in [-0.4, -0.2) is 34.3 Å². The number of pyridine rings is 1. The first-order valence-corrected chi connectivity index (χ1v) is 9.56. The van der Waals surface area contributed by atoms with Gasteiger partial charge in [0.1, 0.15) is 16.5 Å². The number of fused-ring (bicyclic) bond motifs is 3. The molecule has 4 rings (SSSR count). The van der Waals surface area contributed by atoms with Crippen molar-refractivity contribution in [2.45, 2.75) is 24.4 Å². The van der Waals surface area contributed by atoms with Gasteiger partial charge in [-0.05, 0) is 37.4 Å². The van der Waals surface area contributed by atoms with E-state index in [2.05, 4.69) is 19.9 Å². The van der Waals surface area contributed by atoms with Crippen molar-refractivity contribution in [3.63, 3.8) is 0 Å². The highest BCUT2D eigenvalue weighted by atomic mass is 35.5. The van der Waals surface area contributed by atoms with Crippen LogP contribution in [0.1, 0.15) is 19.3 Å². The Balaban J connectivity index is 1.92. The third kappa shape index (κ3) is 2.65. The first-order chi connectivity index (χ1) is 11.1. The molecule has 8 heteroatoms. The quantitative estimate of drug-likeness (QED) is 0.443. The molecule has 2 unspecified atom stereocenters. The molecule has 1 aliphatic carbocycles. The van der Waals surface area contributed by atoms with Crippen molar-refractivity contribution in [2.24, 2.45) is 11.8 Å². The number of piperidine rings is 1. The summed E-state index contributed by atoms with van der Waals surface area (Å²) >= 11 is 13.5. The lowest BCUT2D eigenvalue weighted by molar-refractivity contribution is 0.419. The fraction of sp³-hybridized carbons (Fsp3) is 0.533. The summed E-state index contributed by atoms with van der Waals surface area (Å²) in [5.74, 6) is 1.41. The fourth-order valence-corrected chi connectivity index (χ4v) is 4.60. The topological polar surface area (TPSA) is 41.9 Å². The van der Waals surface area contributed by atoms with Gasteiger partial charge in [-0.15, -0.1) is 0 Å². The van der Waals surface area contributed by atoms with Crippen LogP contribution in [0.25, 0.3) is 10.9 Å². The molecule has 23 heavy (non-hydrogen) atoms. The predicted octanol–water partition coefficient (Wildman–Crippen LogP) is 4.43. The van der Waals surface area contributed by atoms with Gasteiger partial charge >= 0.3 is 0 Å². The van der Waals surface area contributed by atoms with E-state index in [0.29, 0.717) is 28.2 Å². The second kappa shape index (κ2) is 5.90. The van der Waals surface area contributed by atoms with E-state index in [1.807, 2.05) is 6.26 Å². The molecule has 0 aromatic carbocycles. The van der Waals surface area contributed by atoms with Gasteiger partial charge < -0.3 is 4.90 Å². The zero-order chi connectivity index (χ0) is 16.1. The SMILES string of the molecule is CSc1nc(N2CC3CCC(C3)C2)c2c(Cl)nc(Cl)c(F)c2n1. The van der Waals surface area contributed by atoms with Crippen molar-refractivity contribution < 1.29 is 4.39 Å². The largest absolute Gasteiger partial charge is 0.355 e. The average Bonchev–Trinajstić information content (AvgIpc) is 2.89. The Morgan fingerprint density at radius 1 is 1.09 bits per heavy atom. The molecular weight excluding hydrogens is 358 g/mol. The second-order valence-electron chi connectivity index (χ2n) is 6.22. The van der Waals surface area contributed by atoms with E-state index in [-0.39, 0.29) is 15.8 Å². The van der Waals surface area contributed by atoms with E-state index in [9.17, 15) is 4.39 Å². The number of rotatable bonds is 2. The summed E-state index contributed by atoms with van der Waals surface area (Å²) in [7, 11) is 0. The summed E-state index contributed by atoms with van der Waals surface area (Å²) in [5, 5.41) is 0.889. The molecule has 2 atom stereocenters. The average molecular weight is 373 g/mol. The Morgan fingerprint density at radius 2 is 1.78 bits per heavy atom. The highest BCUT2D eigenvalue weighted by molar-refractivity contribution is 7.98. The maximum absolute atomic E-state index is 14.4. The minimum atomic E-state index is -0.634. The minimum Gasteiger partial charge on any atom is -0.355 e. The van der Waals surface area contributed by atoms with E-state index in [1.54, 1.807) is 0 Å². The van der Waals surface area contributed by atoms with Gasteiger partial charge in [-0.25, -0.2) is 19.3 Å². The summed E-state index contributed by atoms with van der Waals surface area (Å²) in [4.78, 5) is 15.0. The molecule has 0 N–H and O–H groups in total. The van der Waals surface area contributed by atoms with Gasteiger partial charge in [0.2, 0.25) is 0 Å². The van der Waals surface area contributed by atoms with Crippen LogP contribution in [0.4, 0.5) is 10.2 Å². The van der Waals surface area contributed by atoms with Gasteiger partial charge in [-0.1, -0.05) is 35.0 Å².